The molecule has 0 aliphatic carbocycles. The molecule has 0 aliphatic rings. The van der Waals surface area contributed by atoms with Crippen molar-refractivity contribution in [2.24, 2.45) is 0 Å². The van der Waals surface area contributed by atoms with Gasteiger partial charge < -0.3 is 20.0 Å². The third kappa shape index (κ3) is 2140. The summed E-state index contributed by atoms with van der Waals surface area (Å²) < 4.78 is 0. The predicted molar refractivity (Wildman–Crippen MR) is 62.4 cm³/mol. The normalized spacial score (nSPS) is 10.1. The molecule has 7 heteroatoms. The van der Waals surface area contributed by atoms with Gasteiger partial charge in [-0.1, -0.05) is 12.2 Å². The standard InChI is InChI=1S/2C3H8O.H3O2PS2/c2*1-3(2)4;1-3(2,4)5/h2*3-4H,1-2H3;(H3,1,2,4,5). The lowest BCUT2D eigenvalue weighted by atomic mass is 10.5. The summed E-state index contributed by atoms with van der Waals surface area (Å²) >= 11 is 7.07. The van der Waals surface area contributed by atoms with E-state index in [9.17, 15) is 0 Å². The molecule has 0 spiro atoms. The van der Waals surface area contributed by atoms with Crippen LogP contribution >= 0.6 is 17.9 Å². The summed E-state index contributed by atoms with van der Waals surface area (Å²) in [6.45, 7) is 6.89. The lowest BCUT2D eigenvalue weighted by molar-refractivity contribution is 0.215. The highest BCUT2D eigenvalue weighted by molar-refractivity contribution is 8.59. The Hall–Kier alpha value is 0.840. The SMILES string of the molecule is CC(C)O.CC(C)O.OP(O)(=S)S. The van der Waals surface area contributed by atoms with E-state index >= 15 is 0 Å². The van der Waals surface area contributed by atoms with Gasteiger partial charge in [-0.2, -0.15) is 0 Å². The summed E-state index contributed by atoms with van der Waals surface area (Å²) in [5, 5.41) is 16.1. The molecule has 0 aromatic rings. The molecular weight excluding hydrogens is 231 g/mol. The minimum atomic E-state index is -3.11. The van der Waals surface area contributed by atoms with Gasteiger partial charge in [0.05, 0.1) is 0 Å². The molecule has 0 fully saturated rings. The zero-order chi connectivity index (χ0) is 11.7. The van der Waals surface area contributed by atoms with Crippen LogP contribution in [-0.4, -0.2) is 32.2 Å². The van der Waals surface area contributed by atoms with Gasteiger partial charge in [0.1, 0.15) is 0 Å². The number of hydrogen-bond donors (Lipinski definition) is 5. The van der Waals surface area contributed by atoms with Crippen LogP contribution in [0.3, 0.4) is 0 Å². The van der Waals surface area contributed by atoms with Crippen molar-refractivity contribution in [1.82, 2.24) is 0 Å². The van der Waals surface area contributed by atoms with Gasteiger partial charge in [0.15, 0.2) is 0 Å². The highest BCUT2D eigenvalue weighted by atomic mass is 32.9. The van der Waals surface area contributed by atoms with Crippen LogP contribution in [0.5, 0.6) is 0 Å². The Morgan fingerprint density at radius 3 is 1.00 bits per heavy atom. The van der Waals surface area contributed by atoms with Crippen molar-refractivity contribution in [1.29, 1.82) is 0 Å². The average molecular weight is 250 g/mol. The first kappa shape index (κ1) is 19.4. The maximum absolute atomic E-state index is 8.06. The van der Waals surface area contributed by atoms with Crippen LogP contribution in [0.15, 0.2) is 0 Å². The van der Waals surface area contributed by atoms with E-state index in [1.165, 1.54) is 0 Å². The Morgan fingerprint density at radius 2 is 1.00 bits per heavy atom. The number of thiol groups is 1. The van der Waals surface area contributed by atoms with E-state index in [1.807, 2.05) is 0 Å². The summed E-state index contributed by atoms with van der Waals surface area (Å²) in [7, 11) is 0. The van der Waals surface area contributed by atoms with Gasteiger partial charge in [0.2, 0.25) is 5.69 Å². The Bertz CT molecular complexity index is 115. The zero-order valence-electron chi connectivity index (χ0n) is 8.25. The lowest BCUT2D eigenvalue weighted by Crippen LogP contribution is -1.85. The van der Waals surface area contributed by atoms with E-state index in [-0.39, 0.29) is 12.2 Å². The van der Waals surface area contributed by atoms with E-state index in [1.54, 1.807) is 27.7 Å². The fraction of sp³-hybridized carbons (Fsp3) is 1.00. The average Bonchev–Trinajstić information content (AvgIpc) is 1.50. The molecule has 13 heavy (non-hydrogen) atoms. The van der Waals surface area contributed by atoms with Crippen LogP contribution in [0.2, 0.25) is 0 Å². The predicted octanol–water partition coefficient (Wildman–Crippen LogP) is 0.899. The second kappa shape index (κ2) is 10.9. The molecule has 0 atom stereocenters. The van der Waals surface area contributed by atoms with Crippen molar-refractivity contribution in [3.63, 3.8) is 0 Å². The third-order valence-corrected chi connectivity index (χ3v) is 0. The number of aliphatic hydroxyl groups is 2. The minimum absolute atomic E-state index is 0.167. The van der Waals surface area contributed by atoms with Crippen LogP contribution < -0.4 is 0 Å². The number of rotatable bonds is 0. The quantitative estimate of drug-likeness (QED) is 0.326. The number of hydrogen-bond acceptors (Lipinski definition) is 3. The van der Waals surface area contributed by atoms with Crippen LogP contribution in [0.25, 0.3) is 0 Å². The van der Waals surface area contributed by atoms with Gasteiger partial charge in [-0.15, -0.1) is 0 Å². The molecule has 0 rings (SSSR count). The second-order valence-electron chi connectivity index (χ2n) is 2.70. The van der Waals surface area contributed by atoms with Gasteiger partial charge >= 0.3 is 0 Å². The first-order valence-corrected chi connectivity index (χ1v) is 7.47. The Kier molecular flexibility index (Phi) is 16.3. The first-order valence-electron chi connectivity index (χ1n) is 3.61. The molecule has 0 aromatic carbocycles. The summed E-state index contributed by atoms with van der Waals surface area (Å²) in [6.07, 6.45) is -0.333. The van der Waals surface area contributed by atoms with Gasteiger partial charge in [-0.3, -0.25) is 0 Å². The van der Waals surface area contributed by atoms with Crippen molar-refractivity contribution in [2.75, 3.05) is 0 Å². The molecule has 0 saturated heterocycles. The molecule has 0 saturated carbocycles. The van der Waals surface area contributed by atoms with E-state index in [2.05, 4.69) is 24.1 Å². The highest BCUT2D eigenvalue weighted by Gasteiger charge is 1.90. The zero-order valence-corrected chi connectivity index (χ0v) is 10.9. The monoisotopic (exact) mass is 250 g/mol. The van der Waals surface area contributed by atoms with E-state index < -0.39 is 5.69 Å². The van der Waals surface area contributed by atoms with Crippen LogP contribution in [0.1, 0.15) is 27.7 Å². The Labute approximate surface area is 89.9 Å². The van der Waals surface area contributed by atoms with Gasteiger partial charge in [0, 0.05) is 12.2 Å². The summed E-state index contributed by atoms with van der Waals surface area (Å²) in [5.74, 6) is 0. The molecule has 0 unspecified atom stereocenters. The molecular formula is C6H19O4PS2. The summed E-state index contributed by atoms with van der Waals surface area (Å²) in [4.78, 5) is 15.7. The molecule has 84 valence electrons. The van der Waals surface area contributed by atoms with Crippen molar-refractivity contribution in [2.45, 2.75) is 39.9 Å². The van der Waals surface area contributed by atoms with Crippen LogP contribution in [0, 0.1) is 0 Å². The summed E-state index contributed by atoms with van der Waals surface area (Å²) in [5.41, 5.74) is -3.11. The van der Waals surface area contributed by atoms with Crippen molar-refractivity contribution in [3.05, 3.63) is 0 Å². The highest BCUT2D eigenvalue weighted by Crippen LogP contribution is 2.39. The Balaban J connectivity index is -0.000000117. The van der Waals surface area contributed by atoms with Crippen LogP contribution in [-0.2, 0) is 11.8 Å². The van der Waals surface area contributed by atoms with E-state index in [0.29, 0.717) is 0 Å². The van der Waals surface area contributed by atoms with Gasteiger partial charge in [0.25, 0.3) is 0 Å². The third-order valence-electron chi connectivity index (χ3n) is 0. The molecule has 4 N–H and O–H groups in total. The topological polar surface area (TPSA) is 80.9 Å². The molecule has 4 nitrogen and oxygen atoms in total. The molecule has 0 aliphatic heterocycles. The van der Waals surface area contributed by atoms with Gasteiger partial charge in [-0.25, -0.2) is 0 Å². The fourth-order valence-electron chi connectivity index (χ4n) is 0. The van der Waals surface area contributed by atoms with Crippen molar-refractivity contribution < 1.29 is 20.0 Å². The first-order chi connectivity index (χ1) is 5.46. The fourth-order valence-corrected chi connectivity index (χ4v) is 0. The lowest BCUT2D eigenvalue weighted by Gasteiger charge is -1.88. The molecule has 0 radical (unpaired) electrons. The number of aliphatic hydroxyl groups excluding tert-OH is 2. The smallest absolute Gasteiger partial charge is 0.239 e. The van der Waals surface area contributed by atoms with E-state index in [0.717, 1.165) is 0 Å². The molecule has 0 amide bonds. The molecule has 0 bridgehead atoms. The Morgan fingerprint density at radius 1 is 1.00 bits per heavy atom. The summed E-state index contributed by atoms with van der Waals surface area (Å²) in [6, 6.07) is 0. The molecule has 0 aromatic heterocycles. The van der Waals surface area contributed by atoms with Crippen LogP contribution in [0.4, 0.5) is 0 Å². The maximum Gasteiger partial charge on any atom is 0.239 e. The molecule has 0 heterocycles. The largest absolute Gasteiger partial charge is 0.394 e. The second-order valence-corrected chi connectivity index (χ2v) is 7.74. The van der Waals surface area contributed by atoms with Gasteiger partial charge in [-0.05, 0) is 39.5 Å². The van der Waals surface area contributed by atoms with Crippen molar-refractivity contribution >= 4 is 29.7 Å². The maximum atomic E-state index is 8.06. The van der Waals surface area contributed by atoms with E-state index in [4.69, 9.17) is 20.0 Å². The minimum Gasteiger partial charge on any atom is -0.394 e. The van der Waals surface area contributed by atoms with Crippen molar-refractivity contribution in [3.8, 4) is 0 Å².